The third kappa shape index (κ3) is 5.07. The highest BCUT2D eigenvalue weighted by atomic mass is 35.5. The van der Waals surface area contributed by atoms with Gasteiger partial charge in [-0.1, -0.05) is 31.5 Å². The van der Waals surface area contributed by atoms with Crippen molar-refractivity contribution in [1.29, 1.82) is 0 Å². The molecular formula is C14H23ClN2O. The second-order valence-electron chi connectivity index (χ2n) is 5.04. The topological polar surface area (TPSA) is 55.1 Å². The van der Waals surface area contributed by atoms with Gasteiger partial charge in [-0.3, -0.25) is 4.79 Å². The lowest BCUT2D eigenvalue weighted by Gasteiger charge is -2.15. The van der Waals surface area contributed by atoms with E-state index in [9.17, 15) is 4.79 Å². The number of aryl methyl sites for hydroxylation is 2. The number of carbonyl (C=O) groups is 1. The maximum absolute atomic E-state index is 11.8. The summed E-state index contributed by atoms with van der Waals surface area (Å²) in [7, 11) is 0. The van der Waals surface area contributed by atoms with Gasteiger partial charge in [-0.25, -0.2) is 0 Å². The van der Waals surface area contributed by atoms with Crippen LogP contribution < -0.4 is 11.1 Å². The third-order valence-corrected chi connectivity index (χ3v) is 2.70. The van der Waals surface area contributed by atoms with Crippen molar-refractivity contribution in [2.75, 3.05) is 5.32 Å². The van der Waals surface area contributed by atoms with E-state index >= 15 is 0 Å². The van der Waals surface area contributed by atoms with Crippen LogP contribution in [0.15, 0.2) is 18.2 Å². The molecule has 0 aliphatic rings. The van der Waals surface area contributed by atoms with Gasteiger partial charge in [-0.2, -0.15) is 0 Å². The van der Waals surface area contributed by atoms with Crippen molar-refractivity contribution in [2.45, 2.75) is 40.2 Å². The lowest BCUT2D eigenvalue weighted by Crippen LogP contribution is -2.36. The summed E-state index contributed by atoms with van der Waals surface area (Å²) in [4.78, 5) is 11.8. The lowest BCUT2D eigenvalue weighted by atomic mass is 10.0. The Labute approximate surface area is 116 Å². The van der Waals surface area contributed by atoms with Crippen LogP contribution in [0.2, 0.25) is 0 Å². The third-order valence-electron chi connectivity index (χ3n) is 2.70. The van der Waals surface area contributed by atoms with Gasteiger partial charge in [0, 0.05) is 5.69 Å². The molecule has 0 radical (unpaired) electrons. The molecule has 0 unspecified atom stereocenters. The summed E-state index contributed by atoms with van der Waals surface area (Å²) < 4.78 is 0. The van der Waals surface area contributed by atoms with Crippen LogP contribution in [0.3, 0.4) is 0 Å². The van der Waals surface area contributed by atoms with Crippen LogP contribution in [0.5, 0.6) is 0 Å². The van der Waals surface area contributed by atoms with E-state index in [1.54, 1.807) is 0 Å². The Kier molecular flexibility index (Phi) is 6.96. The fourth-order valence-corrected chi connectivity index (χ4v) is 1.79. The fourth-order valence-electron chi connectivity index (χ4n) is 1.79. The first-order valence-corrected chi connectivity index (χ1v) is 6.04. The highest BCUT2D eigenvalue weighted by molar-refractivity contribution is 5.95. The number of hydrogen-bond donors (Lipinski definition) is 2. The van der Waals surface area contributed by atoms with E-state index in [1.807, 2.05) is 32.0 Å². The van der Waals surface area contributed by atoms with E-state index in [4.69, 9.17) is 5.73 Å². The Hall–Kier alpha value is -1.06. The second-order valence-corrected chi connectivity index (χ2v) is 5.04. The van der Waals surface area contributed by atoms with Gasteiger partial charge in [0.25, 0.3) is 0 Å². The minimum atomic E-state index is -0.435. The molecule has 1 aromatic rings. The first-order valence-electron chi connectivity index (χ1n) is 6.04. The molecule has 0 aliphatic carbocycles. The molecule has 0 saturated heterocycles. The van der Waals surface area contributed by atoms with E-state index in [1.165, 1.54) is 5.56 Å². The van der Waals surface area contributed by atoms with Crippen molar-refractivity contribution in [3.63, 3.8) is 0 Å². The summed E-state index contributed by atoms with van der Waals surface area (Å²) in [6.07, 6.45) is 0.705. The zero-order valence-corrected chi connectivity index (χ0v) is 12.3. The highest BCUT2D eigenvalue weighted by Crippen LogP contribution is 2.16. The number of halogens is 1. The highest BCUT2D eigenvalue weighted by Gasteiger charge is 2.15. The Morgan fingerprint density at radius 1 is 1.33 bits per heavy atom. The van der Waals surface area contributed by atoms with E-state index in [2.05, 4.69) is 19.2 Å². The molecule has 4 heteroatoms. The molecule has 0 aromatic heterocycles. The Morgan fingerprint density at radius 3 is 2.44 bits per heavy atom. The van der Waals surface area contributed by atoms with Crippen molar-refractivity contribution in [2.24, 2.45) is 11.7 Å². The first-order chi connectivity index (χ1) is 7.90. The SMILES string of the molecule is Cc1ccc(NC(=O)[C@@H](N)CC(C)C)c(C)c1.Cl. The molecule has 0 heterocycles. The predicted octanol–water partition coefficient (Wildman–Crippen LogP) is 3.04. The Balaban J connectivity index is 0.00000289. The number of hydrogen-bond acceptors (Lipinski definition) is 2. The average Bonchev–Trinajstić information content (AvgIpc) is 2.21. The summed E-state index contributed by atoms with van der Waals surface area (Å²) in [6, 6.07) is 5.51. The summed E-state index contributed by atoms with van der Waals surface area (Å²) in [5, 5.41) is 2.88. The molecule has 1 amide bonds. The number of anilines is 1. The zero-order chi connectivity index (χ0) is 13.0. The summed E-state index contributed by atoms with van der Waals surface area (Å²) in [6.45, 7) is 8.13. The zero-order valence-electron chi connectivity index (χ0n) is 11.5. The van der Waals surface area contributed by atoms with E-state index in [0.29, 0.717) is 12.3 Å². The predicted molar refractivity (Wildman–Crippen MR) is 79.2 cm³/mol. The molecule has 1 aromatic carbocycles. The van der Waals surface area contributed by atoms with E-state index < -0.39 is 6.04 Å². The maximum atomic E-state index is 11.8. The molecule has 3 nitrogen and oxygen atoms in total. The quantitative estimate of drug-likeness (QED) is 0.884. The van der Waals surface area contributed by atoms with Crippen molar-refractivity contribution < 1.29 is 4.79 Å². The largest absolute Gasteiger partial charge is 0.324 e. The van der Waals surface area contributed by atoms with Gasteiger partial charge < -0.3 is 11.1 Å². The van der Waals surface area contributed by atoms with Crippen LogP contribution in [0, 0.1) is 19.8 Å². The molecule has 3 N–H and O–H groups in total. The maximum Gasteiger partial charge on any atom is 0.241 e. The van der Waals surface area contributed by atoms with Crippen molar-refractivity contribution in [3.8, 4) is 0 Å². The van der Waals surface area contributed by atoms with E-state index in [-0.39, 0.29) is 18.3 Å². The molecule has 0 bridgehead atoms. The molecular weight excluding hydrogens is 248 g/mol. The lowest BCUT2D eigenvalue weighted by molar-refractivity contribution is -0.117. The van der Waals surface area contributed by atoms with Gasteiger partial charge in [0.05, 0.1) is 6.04 Å². The van der Waals surface area contributed by atoms with Crippen LogP contribution in [0.25, 0.3) is 0 Å². The number of amides is 1. The van der Waals surface area contributed by atoms with Gasteiger partial charge in [0.2, 0.25) is 5.91 Å². The van der Waals surface area contributed by atoms with Crippen LogP contribution in [-0.2, 0) is 4.79 Å². The van der Waals surface area contributed by atoms with E-state index in [0.717, 1.165) is 11.3 Å². The average molecular weight is 271 g/mol. The number of benzene rings is 1. The monoisotopic (exact) mass is 270 g/mol. The molecule has 0 saturated carbocycles. The van der Waals surface area contributed by atoms with Gasteiger partial charge >= 0.3 is 0 Å². The fraction of sp³-hybridized carbons (Fsp3) is 0.500. The van der Waals surface area contributed by atoms with Crippen LogP contribution in [0.1, 0.15) is 31.4 Å². The van der Waals surface area contributed by atoms with Crippen molar-refractivity contribution in [1.82, 2.24) is 0 Å². The van der Waals surface area contributed by atoms with Crippen molar-refractivity contribution >= 4 is 24.0 Å². The molecule has 0 spiro atoms. The van der Waals surface area contributed by atoms with Gasteiger partial charge in [-0.15, -0.1) is 12.4 Å². The van der Waals surface area contributed by atoms with Crippen LogP contribution in [0.4, 0.5) is 5.69 Å². The summed E-state index contributed by atoms with van der Waals surface area (Å²) in [5.74, 6) is 0.320. The number of rotatable bonds is 4. The minimum Gasteiger partial charge on any atom is -0.324 e. The standard InChI is InChI=1S/C14H22N2O.ClH/c1-9(2)7-12(15)14(17)16-13-6-5-10(3)8-11(13)4;/h5-6,8-9,12H,7,15H2,1-4H3,(H,16,17);1H/t12-;/m0./s1. The normalized spacial score (nSPS) is 11.9. The van der Waals surface area contributed by atoms with Crippen LogP contribution >= 0.6 is 12.4 Å². The number of nitrogens with two attached hydrogens (primary N) is 1. The minimum absolute atomic E-state index is 0. The molecule has 0 aliphatic heterocycles. The van der Waals surface area contributed by atoms with Gasteiger partial charge in [0.15, 0.2) is 0 Å². The Bertz CT molecular complexity index is 405. The first kappa shape index (κ1) is 16.9. The molecule has 18 heavy (non-hydrogen) atoms. The van der Waals surface area contributed by atoms with Crippen LogP contribution in [-0.4, -0.2) is 11.9 Å². The molecule has 102 valence electrons. The number of nitrogens with one attached hydrogen (secondary N) is 1. The summed E-state index contributed by atoms with van der Waals surface area (Å²) in [5.41, 5.74) is 8.93. The molecule has 1 rings (SSSR count). The van der Waals surface area contributed by atoms with Crippen molar-refractivity contribution in [3.05, 3.63) is 29.3 Å². The smallest absolute Gasteiger partial charge is 0.241 e. The van der Waals surface area contributed by atoms with Gasteiger partial charge in [-0.05, 0) is 37.8 Å². The summed E-state index contributed by atoms with van der Waals surface area (Å²) >= 11 is 0. The van der Waals surface area contributed by atoms with Gasteiger partial charge in [0.1, 0.15) is 0 Å². The molecule has 0 fully saturated rings. The number of carbonyl (C=O) groups excluding carboxylic acids is 1. The second kappa shape index (κ2) is 7.39. The molecule has 1 atom stereocenters. The Morgan fingerprint density at radius 2 is 1.94 bits per heavy atom.